The van der Waals surface area contributed by atoms with Gasteiger partial charge in [-0.3, -0.25) is 9.59 Å². The second-order valence-corrected chi connectivity index (χ2v) is 7.12. The summed E-state index contributed by atoms with van der Waals surface area (Å²) < 4.78 is 0. The number of carbonyl (C=O) groups is 2. The van der Waals surface area contributed by atoms with E-state index in [1.165, 1.54) is 16.7 Å². The number of anilines is 1. The van der Waals surface area contributed by atoms with Crippen molar-refractivity contribution in [1.82, 2.24) is 0 Å². The first-order chi connectivity index (χ1) is 12.5. The molecule has 3 rings (SSSR count). The van der Waals surface area contributed by atoms with E-state index in [9.17, 15) is 9.59 Å². The van der Waals surface area contributed by atoms with Crippen LogP contribution in [0.3, 0.4) is 0 Å². The Morgan fingerprint density at radius 1 is 1.12 bits per heavy atom. The lowest BCUT2D eigenvalue weighted by atomic mass is 9.80. The zero-order chi connectivity index (χ0) is 18.7. The molecule has 1 heterocycles. The predicted octanol–water partition coefficient (Wildman–Crippen LogP) is 4.51. The molecule has 0 bridgehead atoms. The van der Waals surface area contributed by atoms with Crippen LogP contribution in [-0.2, 0) is 9.59 Å². The van der Waals surface area contributed by atoms with E-state index in [0.29, 0.717) is 6.42 Å². The van der Waals surface area contributed by atoms with Crippen LogP contribution in [0.5, 0.6) is 0 Å². The Bertz CT molecular complexity index is 800. The average Bonchev–Trinajstić information content (AvgIpc) is 2.61. The van der Waals surface area contributed by atoms with E-state index in [2.05, 4.69) is 44.2 Å². The molecule has 1 aliphatic rings. The first kappa shape index (κ1) is 18.2. The monoisotopic (exact) mass is 351 g/mol. The van der Waals surface area contributed by atoms with E-state index in [4.69, 9.17) is 5.11 Å². The lowest BCUT2D eigenvalue weighted by Crippen LogP contribution is -2.43. The second kappa shape index (κ2) is 7.73. The molecule has 1 N–H and O–H groups in total. The van der Waals surface area contributed by atoms with Gasteiger partial charge in [-0.1, -0.05) is 48.0 Å². The molecule has 0 spiro atoms. The van der Waals surface area contributed by atoms with Gasteiger partial charge < -0.3 is 10.0 Å². The van der Waals surface area contributed by atoms with Crippen molar-refractivity contribution in [2.75, 3.05) is 4.90 Å². The third-order valence-corrected chi connectivity index (χ3v) is 5.09. The highest BCUT2D eigenvalue weighted by atomic mass is 16.4. The number of benzene rings is 2. The largest absolute Gasteiger partial charge is 0.481 e. The molecule has 0 aromatic heterocycles. The van der Waals surface area contributed by atoms with Gasteiger partial charge in [-0.15, -0.1) is 0 Å². The predicted molar refractivity (Wildman–Crippen MR) is 103 cm³/mol. The van der Waals surface area contributed by atoms with Crippen molar-refractivity contribution < 1.29 is 14.7 Å². The Hall–Kier alpha value is -2.62. The van der Waals surface area contributed by atoms with E-state index >= 15 is 0 Å². The van der Waals surface area contributed by atoms with Gasteiger partial charge in [-0.25, -0.2) is 0 Å². The number of carbonyl (C=O) groups excluding carboxylic acids is 1. The molecule has 0 radical (unpaired) electrons. The normalized spacial score (nSPS) is 19.1. The minimum absolute atomic E-state index is 0.00960. The number of amides is 1. The van der Waals surface area contributed by atoms with Gasteiger partial charge >= 0.3 is 5.97 Å². The Kier molecular flexibility index (Phi) is 5.40. The highest BCUT2D eigenvalue weighted by Gasteiger charge is 2.34. The molecule has 4 nitrogen and oxygen atoms in total. The highest BCUT2D eigenvalue weighted by Crippen LogP contribution is 2.42. The van der Waals surface area contributed by atoms with Crippen molar-refractivity contribution in [3.8, 4) is 0 Å². The molecule has 0 saturated heterocycles. The summed E-state index contributed by atoms with van der Waals surface area (Å²) in [6.07, 6.45) is 1.53. The number of rotatable bonds is 5. The maximum absolute atomic E-state index is 12.8. The molecule has 2 atom stereocenters. The summed E-state index contributed by atoms with van der Waals surface area (Å²) in [7, 11) is 0. The third-order valence-electron chi connectivity index (χ3n) is 5.09. The molecule has 1 amide bonds. The Balaban J connectivity index is 1.93. The summed E-state index contributed by atoms with van der Waals surface area (Å²) in [5.74, 6) is -0.579. The van der Waals surface area contributed by atoms with Crippen molar-refractivity contribution >= 4 is 17.6 Å². The van der Waals surface area contributed by atoms with Crippen LogP contribution in [0.4, 0.5) is 5.69 Å². The van der Waals surface area contributed by atoms with E-state index in [1.54, 1.807) is 0 Å². The molecular formula is C22H25NO3. The molecule has 4 heteroatoms. The second-order valence-electron chi connectivity index (χ2n) is 7.12. The van der Waals surface area contributed by atoms with Crippen molar-refractivity contribution in [2.45, 2.75) is 51.5 Å². The van der Waals surface area contributed by atoms with Gasteiger partial charge in [0.05, 0.1) is 0 Å². The summed E-state index contributed by atoms with van der Waals surface area (Å²) in [5, 5.41) is 8.81. The van der Waals surface area contributed by atoms with E-state index < -0.39 is 5.97 Å². The number of aryl methyl sites for hydroxylation is 1. The van der Waals surface area contributed by atoms with Crippen LogP contribution in [-0.4, -0.2) is 23.0 Å². The minimum atomic E-state index is -0.857. The summed E-state index contributed by atoms with van der Waals surface area (Å²) in [5.41, 5.74) is 4.59. The van der Waals surface area contributed by atoms with E-state index in [1.807, 2.05) is 23.1 Å². The van der Waals surface area contributed by atoms with Gasteiger partial charge in [-0.05, 0) is 43.9 Å². The molecule has 0 fully saturated rings. The molecule has 136 valence electrons. The number of carboxylic acids is 1. The van der Waals surface area contributed by atoms with Crippen molar-refractivity contribution in [1.29, 1.82) is 0 Å². The van der Waals surface area contributed by atoms with Crippen molar-refractivity contribution in [2.24, 2.45) is 0 Å². The van der Waals surface area contributed by atoms with Crippen LogP contribution in [0.2, 0.25) is 0 Å². The van der Waals surface area contributed by atoms with Gasteiger partial charge in [0.25, 0.3) is 0 Å². The molecule has 2 aromatic carbocycles. The fraction of sp³-hybridized carbons (Fsp3) is 0.364. The van der Waals surface area contributed by atoms with Gasteiger partial charge in [-0.2, -0.15) is 0 Å². The third kappa shape index (κ3) is 3.79. The zero-order valence-electron chi connectivity index (χ0n) is 15.3. The van der Waals surface area contributed by atoms with Gasteiger partial charge in [0.15, 0.2) is 0 Å². The Morgan fingerprint density at radius 3 is 2.54 bits per heavy atom. The SMILES string of the molecule is Cc1ccc2c(c1)[C@H](c1ccccc1)C[C@H](C)N2C(=O)CCCC(=O)O. The van der Waals surface area contributed by atoms with Gasteiger partial charge in [0.1, 0.15) is 0 Å². The van der Waals surface area contributed by atoms with Crippen LogP contribution in [0.15, 0.2) is 48.5 Å². The maximum atomic E-state index is 12.8. The number of fused-ring (bicyclic) bond motifs is 1. The standard InChI is InChI=1S/C22H25NO3/c1-15-11-12-20-19(13-15)18(17-7-4-3-5-8-17)14-16(2)23(20)21(24)9-6-10-22(25)26/h3-5,7-8,11-13,16,18H,6,9-10,14H2,1-2H3,(H,25,26)/t16-,18-/m0/s1. The van der Waals surface area contributed by atoms with Crippen LogP contribution in [0.25, 0.3) is 0 Å². The number of carboxylic acid groups (broad SMARTS) is 1. The fourth-order valence-electron chi connectivity index (χ4n) is 3.88. The van der Waals surface area contributed by atoms with Crippen LogP contribution >= 0.6 is 0 Å². The number of hydrogen-bond donors (Lipinski definition) is 1. The smallest absolute Gasteiger partial charge is 0.303 e. The Labute approximate surface area is 154 Å². The van der Waals surface area contributed by atoms with Gasteiger partial charge in [0, 0.05) is 30.5 Å². The quantitative estimate of drug-likeness (QED) is 0.862. The summed E-state index contributed by atoms with van der Waals surface area (Å²) in [6.45, 7) is 4.15. The summed E-state index contributed by atoms with van der Waals surface area (Å²) in [6, 6.07) is 16.7. The lowest BCUT2D eigenvalue weighted by molar-refractivity contribution is -0.137. The Morgan fingerprint density at radius 2 is 1.85 bits per heavy atom. The van der Waals surface area contributed by atoms with Crippen molar-refractivity contribution in [3.05, 3.63) is 65.2 Å². The first-order valence-electron chi connectivity index (χ1n) is 9.16. The van der Waals surface area contributed by atoms with Crippen LogP contribution in [0, 0.1) is 6.92 Å². The van der Waals surface area contributed by atoms with Crippen molar-refractivity contribution in [3.63, 3.8) is 0 Å². The molecule has 0 saturated carbocycles. The first-order valence-corrected chi connectivity index (χ1v) is 9.16. The molecule has 0 aliphatic carbocycles. The lowest BCUT2D eigenvalue weighted by Gasteiger charge is -2.40. The highest BCUT2D eigenvalue weighted by molar-refractivity contribution is 5.95. The summed E-state index contributed by atoms with van der Waals surface area (Å²) >= 11 is 0. The molecule has 2 aromatic rings. The maximum Gasteiger partial charge on any atom is 0.303 e. The van der Waals surface area contributed by atoms with Crippen LogP contribution in [0.1, 0.15) is 55.2 Å². The average molecular weight is 351 g/mol. The molecular weight excluding hydrogens is 326 g/mol. The van der Waals surface area contributed by atoms with Gasteiger partial charge in [0.2, 0.25) is 5.91 Å². The molecule has 26 heavy (non-hydrogen) atoms. The number of nitrogens with zero attached hydrogens (tertiary/aromatic N) is 1. The zero-order valence-corrected chi connectivity index (χ0v) is 15.3. The number of hydrogen-bond acceptors (Lipinski definition) is 2. The molecule has 0 unspecified atom stereocenters. The molecule has 1 aliphatic heterocycles. The number of aliphatic carboxylic acids is 1. The fourth-order valence-corrected chi connectivity index (χ4v) is 3.88. The van der Waals surface area contributed by atoms with E-state index in [-0.39, 0.29) is 30.7 Å². The van der Waals surface area contributed by atoms with Crippen LogP contribution < -0.4 is 4.90 Å². The van der Waals surface area contributed by atoms with E-state index in [0.717, 1.165) is 12.1 Å². The minimum Gasteiger partial charge on any atom is -0.481 e. The topological polar surface area (TPSA) is 57.6 Å². The summed E-state index contributed by atoms with van der Waals surface area (Å²) in [4.78, 5) is 25.4.